The number of nitrogens with zero attached hydrogens (tertiary/aromatic N) is 4. The molecule has 0 atom stereocenters. The largest absolute Gasteiger partial charge is 0.475 e. The molecule has 1 fully saturated rings. The molecule has 0 amide bonds. The third-order valence-electron chi connectivity index (χ3n) is 5.66. The maximum absolute atomic E-state index is 13.0. The van der Waals surface area contributed by atoms with Crippen LogP contribution < -0.4 is 4.74 Å². The fourth-order valence-corrected chi connectivity index (χ4v) is 4.00. The molecule has 33 heavy (non-hydrogen) atoms. The van der Waals surface area contributed by atoms with Gasteiger partial charge in [-0.1, -0.05) is 11.6 Å². The van der Waals surface area contributed by atoms with Crippen LogP contribution in [0.3, 0.4) is 0 Å². The van der Waals surface area contributed by atoms with Crippen molar-refractivity contribution in [3.8, 4) is 5.88 Å². The first-order valence-corrected chi connectivity index (χ1v) is 11.1. The molecule has 0 unspecified atom stereocenters. The summed E-state index contributed by atoms with van der Waals surface area (Å²) in [6, 6.07) is 12.7. The number of carbonyl (C=O) groups is 1. The Balaban J connectivity index is 0.00000306. The zero-order chi connectivity index (χ0) is 22.5. The molecule has 1 aliphatic rings. The second kappa shape index (κ2) is 11.6. The van der Waals surface area contributed by atoms with E-state index in [1.807, 2.05) is 36.7 Å². The topological polar surface area (TPSA) is 69.5 Å². The van der Waals surface area contributed by atoms with Crippen LogP contribution in [0.2, 0.25) is 5.02 Å². The van der Waals surface area contributed by atoms with Crippen molar-refractivity contribution in [3.05, 3.63) is 75.7 Å². The van der Waals surface area contributed by atoms with E-state index in [2.05, 4.69) is 15.1 Å². The summed E-state index contributed by atoms with van der Waals surface area (Å²) in [5.41, 5.74) is 4.02. The summed E-state index contributed by atoms with van der Waals surface area (Å²) >= 11 is 5.95. The normalized spacial score (nSPS) is 14.0. The molecule has 0 aliphatic carbocycles. The van der Waals surface area contributed by atoms with Crippen LogP contribution in [-0.2, 0) is 18.2 Å². The number of morpholine rings is 1. The predicted octanol–water partition coefficient (Wildman–Crippen LogP) is 3.73. The molecule has 9 heteroatoms. The van der Waals surface area contributed by atoms with Crippen molar-refractivity contribution in [2.24, 2.45) is 7.05 Å². The van der Waals surface area contributed by atoms with Crippen LogP contribution in [0.4, 0.5) is 0 Å². The van der Waals surface area contributed by atoms with Crippen molar-refractivity contribution < 1.29 is 14.3 Å². The average Bonchev–Trinajstić information content (AvgIpc) is 3.08. The molecule has 0 bridgehead atoms. The average molecular weight is 491 g/mol. The standard InChI is InChI=1S/C24H27ClN4O3.ClH/c1-17-15-21(28(2)23(17)24(30)18-3-5-19(25)6-4-18)16-20-7-8-22(27-26-20)32-14-11-29-9-12-31-13-10-29;/h3-8,15H,9-14,16H2,1-2H3;1H. The number of ether oxygens (including phenoxy) is 2. The number of hydrogen-bond acceptors (Lipinski definition) is 6. The third-order valence-corrected chi connectivity index (χ3v) is 5.92. The van der Waals surface area contributed by atoms with Gasteiger partial charge in [0.15, 0.2) is 0 Å². The second-order valence-corrected chi connectivity index (χ2v) is 8.34. The van der Waals surface area contributed by atoms with Gasteiger partial charge in [0.1, 0.15) is 6.61 Å². The lowest BCUT2D eigenvalue weighted by Gasteiger charge is -2.26. The number of ketones is 1. The lowest BCUT2D eigenvalue weighted by atomic mass is 10.1. The first-order chi connectivity index (χ1) is 15.5. The lowest BCUT2D eigenvalue weighted by Crippen LogP contribution is -2.38. The Morgan fingerprint density at radius 3 is 2.52 bits per heavy atom. The van der Waals surface area contributed by atoms with Gasteiger partial charge in [0, 0.05) is 55.4 Å². The van der Waals surface area contributed by atoms with Crippen LogP contribution >= 0.6 is 24.0 Å². The number of rotatable bonds is 8. The minimum absolute atomic E-state index is 0. The van der Waals surface area contributed by atoms with Gasteiger partial charge >= 0.3 is 0 Å². The first-order valence-electron chi connectivity index (χ1n) is 10.7. The van der Waals surface area contributed by atoms with E-state index in [0.29, 0.717) is 35.2 Å². The van der Waals surface area contributed by atoms with Gasteiger partial charge in [0.25, 0.3) is 0 Å². The Kier molecular flexibility index (Phi) is 8.86. The van der Waals surface area contributed by atoms with Crippen molar-refractivity contribution in [3.63, 3.8) is 0 Å². The SMILES string of the molecule is Cc1cc(Cc2ccc(OCCN3CCOCC3)nn2)n(C)c1C(=O)c1ccc(Cl)cc1.Cl. The molecule has 0 N–H and O–H groups in total. The highest BCUT2D eigenvalue weighted by molar-refractivity contribution is 6.30. The summed E-state index contributed by atoms with van der Waals surface area (Å²) in [5.74, 6) is 0.492. The first kappa shape index (κ1) is 25.2. The van der Waals surface area contributed by atoms with Crippen molar-refractivity contribution >= 4 is 29.8 Å². The van der Waals surface area contributed by atoms with Crippen LogP contribution in [0.25, 0.3) is 0 Å². The lowest BCUT2D eigenvalue weighted by molar-refractivity contribution is 0.0319. The van der Waals surface area contributed by atoms with E-state index in [1.54, 1.807) is 24.3 Å². The molecule has 2 aromatic heterocycles. The number of halogens is 2. The van der Waals surface area contributed by atoms with Gasteiger partial charge in [-0.2, -0.15) is 5.10 Å². The number of aromatic nitrogens is 3. The maximum atomic E-state index is 13.0. The van der Waals surface area contributed by atoms with Gasteiger partial charge in [0.2, 0.25) is 11.7 Å². The minimum Gasteiger partial charge on any atom is -0.475 e. The molecular weight excluding hydrogens is 463 g/mol. The Hall–Kier alpha value is -2.45. The molecule has 1 aliphatic heterocycles. The third kappa shape index (κ3) is 6.32. The summed E-state index contributed by atoms with van der Waals surface area (Å²) in [7, 11) is 1.90. The Labute approximate surface area is 205 Å². The number of carbonyl (C=O) groups excluding carboxylic acids is 1. The van der Waals surface area contributed by atoms with E-state index in [0.717, 1.165) is 49.8 Å². The molecule has 0 radical (unpaired) electrons. The highest BCUT2D eigenvalue weighted by atomic mass is 35.5. The highest BCUT2D eigenvalue weighted by Crippen LogP contribution is 2.21. The summed E-state index contributed by atoms with van der Waals surface area (Å²) in [6.07, 6.45) is 0.576. The summed E-state index contributed by atoms with van der Waals surface area (Å²) in [6.45, 7) is 6.80. The molecule has 1 saturated heterocycles. The fourth-order valence-electron chi connectivity index (χ4n) is 3.87. The van der Waals surface area contributed by atoms with E-state index in [1.165, 1.54) is 0 Å². The molecule has 3 aromatic rings. The van der Waals surface area contributed by atoms with Crippen molar-refractivity contribution in [2.45, 2.75) is 13.3 Å². The monoisotopic (exact) mass is 490 g/mol. The number of hydrogen-bond donors (Lipinski definition) is 0. The summed E-state index contributed by atoms with van der Waals surface area (Å²) in [4.78, 5) is 15.3. The van der Waals surface area contributed by atoms with E-state index in [4.69, 9.17) is 21.1 Å². The van der Waals surface area contributed by atoms with Crippen LogP contribution in [0.1, 0.15) is 33.0 Å². The van der Waals surface area contributed by atoms with E-state index >= 15 is 0 Å². The van der Waals surface area contributed by atoms with E-state index < -0.39 is 0 Å². The molecule has 1 aromatic carbocycles. The zero-order valence-electron chi connectivity index (χ0n) is 18.8. The smallest absolute Gasteiger partial charge is 0.233 e. The zero-order valence-corrected chi connectivity index (χ0v) is 20.4. The van der Waals surface area contributed by atoms with Crippen LogP contribution in [0.15, 0.2) is 42.5 Å². The van der Waals surface area contributed by atoms with Gasteiger partial charge in [-0.25, -0.2) is 0 Å². The van der Waals surface area contributed by atoms with Crippen LogP contribution in [-0.4, -0.2) is 64.9 Å². The molecule has 7 nitrogen and oxygen atoms in total. The Morgan fingerprint density at radius 1 is 1.12 bits per heavy atom. The van der Waals surface area contributed by atoms with Gasteiger partial charge in [-0.05, 0) is 48.9 Å². The molecule has 0 saturated carbocycles. The molecule has 3 heterocycles. The molecule has 176 valence electrons. The summed E-state index contributed by atoms with van der Waals surface area (Å²) < 4.78 is 13.0. The van der Waals surface area contributed by atoms with Gasteiger partial charge in [0.05, 0.1) is 24.6 Å². The quantitative estimate of drug-likeness (QED) is 0.448. The van der Waals surface area contributed by atoms with Crippen LogP contribution in [0, 0.1) is 6.92 Å². The minimum atomic E-state index is -0.0250. The number of benzene rings is 1. The number of aryl methyl sites for hydroxylation is 1. The predicted molar refractivity (Wildman–Crippen MR) is 130 cm³/mol. The Morgan fingerprint density at radius 2 is 1.85 bits per heavy atom. The molecule has 0 spiro atoms. The van der Waals surface area contributed by atoms with Crippen molar-refractivity contribution in [1.29, 1.82) is 0 Å². The van der Waals surface area contributed by atoms with Crippen molar-refractivity contribution in [2.75, 3.05) is 39.5 Å². The maximum Gasteiger partial charge on any atom is 0.233 e. The van der Waals surface area contributed by atoms with Gasteiger partial charge in [-0.3, -0.25) is 9.69 Å². The fraction of sp³-hybridized carbons (Fsp3) is 0.375. The van der Waals surface area contributed by atoms with Gasteiger partial charge < -0.3 is 14.0 Å². The highest BCUT2D eigenvalue weighted by Gasteiger charge is 2.19. The Bertz CT molecular complexity index is 1060. The molecular formula is C24H28Cl2N4O3. The van der Waals surface area contributed by atoms with Crippen LogP contribution in [0.5, 0.6) is 5.88 Å². The van der Waals surface area contributed by atoms with Crippen molar-refractivity contribution in [1.82, 2.24) is 19.7 Å². The van der Waals surface area contributed by atoms with Gasteiger partial charge in [-0.15, -0.1) is 17.5 Å². The van der Waals surface area contributed by atoms with E-state index in [-0.39, 0.29) is 18.2 Å². The second-order valence-electron chi connectivity index (χ2n) is 7.90. The van der Waals surface area contributed by atoms with E-state index in [9.17, 15) is 4.79 Å². The summed E-state index contributed by atoms with van der Waals surface area (Å²) in [5, 5.41) is 9.12. The molecule has 4 rings (SSSR count).